The van der Waals surface area contributed by atoms with E-state index in [4.69, 9.17) is 14.8 Å². The molecule has 0 fully saturated rings. The van der Waals surface area contributed by atoms with Crippen LogP contribution in [-0.2, 0) is 38.7 Å². The second-order valence-electron chi connectivity index (χ2n) is 16.5. The van der Waals surface area contributed by atoms with Gasteiger partial charge in [0.15, 0.2) is 0 Å². The first-order valence-corrected chi connectivity index (χ1v) is 19.1. The van der Waals surface area contributed by atoms with Crippen LogP contribution in [0.4, 0.5) is 0 Å². The van der Waals surface area contributed by atoms with Crippen molar-refractivity contribution in [2.75, 3.05) is 0 Å². The van der Waals surface area contributed by atoms with Crippen LogP contribution in [0.15, 0.2) is 85.1 Å². The number of nitrogens with zero attached hydrogens (tertiary/aromatic N) is 4. The second-order valence-corrected chi connectivity index (χ2v) is 16.5. The Kier molecular flexibility index (Phi) is 11.4. The first-order chi connectivity index (χ1) is 25.3. The number of hydrogen-bond acceptors (Lipinski definition) is 3. The van der Waals surface area contributed by atoms with Gasteiger partial charge in [0.2, 0.25) is 0 Å². The fourth-order valence-electron chi connectivity index (χ4n) is 7.57. The number of ether oxygens (including phenoxy) is 1. The van der Waals surface area contributed by atoms with Crippen molar-refractivity contribution in [2.45, 2.75) is 93.9 Å². The van der Waals surface area contributed by atoms with Gasteiger partial charge in [-0.25, -0.2) is 4.98 Å². The molecule has 7 rings (SSSR count). The number of para-hydroxylation sites is 1. The summed E-state index contributed by atoms with van der Waals surface area (Å²) in [6.45, 7) is 22.3. The maximum atomic E-state index is 6.76. The molecule has 0 N–H and O–H groups in total. The van der Waals surface area contributed by atoms with Crippen molar-refractivity contribution in [2.24, 2.45) is 11.8 Å². The van der Waals surface area contributed by atoms with Crippen LogP contribution in [0.1, 0.15) is 88.5 Å². The second kappa shape index (κ2) is 15.7. The number of benzene rings is 4. The van der Waals surface area contributed by atoms with E-state index in [2.05, 4.69) is 163 Å². The van der Waals surface area contributed by atoms with Crippen molar-refractivity contribution in [1.82, 2.24) is 19.3 Å². The van der Waals surface area contributed by atoms with Crippen molar-refractivity contribution in [3.05, 3.63) is 131 Å². The molecule has 0 bridgehead atoms. The molecule has 0 unspecified atom stereocenters. The van der Waals surface area contributed by atoms with Crippen molar-refractivity contribution in [1.29, 1.82) is 0 Å². The zero-order valence-electron chi connectivity index (χ0n) is 33.4. The van der Waals surface area contributed by atoms with Gasteiger partial charge < -0.3 is 9.30 Å². The Hall–Kier alpha value is -4.50. The van der Waals surface area contributed by atoms with E-state index in [9.17, 15) is 0 Å². The van der Waals surface area contributed by atoms with Gasteiger partial charge in [-0.15, -0.1) is 41.3 Å². The zero-order valence-corrected chi connectivity index (χ0v) is 34.9. The first-order valence-electron chi connectivity index (χ1n) is 19.1. The molecule has 0 atom stereocenters. The maximum absolute atomic E-state index is 6.76. The largest absolute Gasteiger partial charge is 2.00 e. The van der Waals surface area contributed by atoms with Gasteiger partial charge in [-0.3, -0.25) is 4.68 Å². The van der Waals surface area contributed by atoms with Crippen LogP contribution in [0.3, 0.4) is 0 Å². The van der Waals surface area contributed by atoms with Gasteiger partial charge in [-0.1, -0.05) is 90.4 Å². The van der Waals surface area contributed by atoms with Crippen LogP contribution < -0.4 is 4.74 Å². The number of aromatic nitrogens is 4. The summed E-state index contributed by atoms with van der Waals surface area (Å²) in [5.41, 5.74) is 12.5. The molecule has 0 aliphatic carbocycles. The Balaban J connectivity index is 0.00000497. The summed E-state index contributed by atoms with van der Waals surface area (Å²) in [4.78, 5) is 4.85. The Labute approximate surface area is 335 Å². The molecule has 0 aliphatic rings. The number of hydrogen-bond donors (Lipinski definition) is 0. The molecule has 3 heterocycles. The number of aryl methyl sites for hydroxylation is 3. The number of rotatable bonds is 10. The van der Waals surface area contributed by atoms with Gasteiger partial charge in [-0.2, -0.15) is 11.2 Å². The van der Waals surface area contributed by atoms with Crippen molar-refractivity contribution in [3.63, 3.8) is 0 Å². The van der Waals surface area contributed by atoms with Gasteiger partial charge in [-0.05, 0) is 109 Å². The molecular formula is C48H52N4OPd. The summed E-state index contributed by atoms with van der Waals surface area (Å²) in [6.07, 6.45) is 4.88. The first kappa shape index (κ1) is 39.2. The maximum Gasteiger partial charge on any atom is 2.00 e. The van der Waals surface area contributed by atoms with Gasteiger partial charge in [0.25, 0.3) is 0 Å². The molecule has 3 aromatic heterocycles. The molecule has 4 aromatic carbocycles. The topological polar surface area (TPSA) is 44.9 Å². The minimum atomic E-state index is -0.134. The SMILES string of the molecule is Cc1cccc(C)c1-c1c(C)nn(-c2[c-]c(Oc3[c-]c4c(cc3)c3ccccc3n4-c3cc(CC(C)C)ccn3)cc(C(C)(C)C)c2)c1CCC(C)C.[Pd+2]. The summed E-state index contributed by atoms with van der Waals surface area (Å²) in [7, 11) is 0. The van der Waals surface area contributed by atoms with E-state index in [1.54, 1.807) is 0 Å². The molecule has 6 heteroatoms. The van der Waals surface area contributed by atoms with E-state index in [1.165, 1.54) is 33.5 Å². The van der Waals surface area contributed by atoms with E-state index in [1.807, 2.05) is 12.3 Å². The van der Waals surface area contributed by atoms with E-state index >= 15 is 0 Å². The minimum absolute atomic E-state index is 0. The average molecular weight is 807 g/mol. The van der Waals surface area contributed by atoms with Crippen LogP contribution in [0.2, 0.25) is 0 Å². The fourth-order valence-corrected chi connectivity index (χ4v) is 7.57. The third kappa shape index (κ3) is 7.83. The summed E-state index contributed by atoms with van der Waals surface area (Å²) in [5.74, 6) is 3.26. The molecule has 0 aliphatic heterocycles. The Morgan fingerprint density at radius 2 is 1.50 bits per heavy atom. The standard InChI is InChI=1S/C48H52N4O.Pd/c1-30(2)18-21-43-47(46-32(5)14-13-15-33(46)6)34(7)50-52(43)37-26-36(48(8,9)10)27-39(28-37)53-38-19-20-41-40-16-11-12-17-42(40)51(44(41)29-38)45-25-35(22-23-49-45)24-31(3)4;/h11-17,19-20,22-23,25-27,30-31H,18,21,24H2,1-10H3;/q-2;+2. The van der Waals surface area contributed by atoms with Crippen LogP contribution in [0.5, 0.6) is 11.5 Å². The molecule has 0 spiro atoms. The van der Waals surface area contributed by atoms with Crippen LogP contribution in [0, 0.1) is 44.7 Å². The summed E-state index contributed by atoms with van der Waals surface area (Å²) in [5, 5.41) is 7.50. The molecular weight excluding hydrogens is 755 g/mol. The Morgan fingerprint density at radius 3 is 2.20 bits per heavy atom. The van der Waals surface area contributed by atoms with Gasteiger partial charge in [0.1, 0.15) is 5.82 Å². The molecule has 0 amide bonds. The van der Waals surface area contributed by atoms with E-state index in [-0.39, 0.29) is 25.8 Å². The van der Waals surface area contributed by atoms with Crippen molar-refractivity contribution >= 4 is 21.8 Å². The summed E-state index contributed by atoms with van der Waals surface area (Å²) >= 11 is 0. The van der Waals surface area contributed by atoms with Crippen molar-refractivity contribution < 1.29 is 25.2 Å². The molecule has 7 aromatic rings. The van der Waals surface area contributed by atoms with E-state index in [0.717, 1.165) is 63.8 Å². The third-order valence-corrected chi connectivity index (χ3v) is 10.2. The normalized spacial score (nSPS) is 11.9. The number of pyridine rings is 1. The fraction of sp³-hybridized carbons (Fsp3) is 0.333. The molecule has 5 nitrogen and oxygen atoms in total. The molecule has 0 saturated heterocycles. The molecule has 280 valence electrons. The quantitative estimate of drug-likeness (QED) is 0.102. The van der Waals surface area contributed by atoms with E-state index < -0.39 is 0 Å². The third-order valence-electron chi connectivity index (χ3n) is 10.2. The van der Waals surface area contributed by atoms with Gasteiger partial charge in [0.05, 0.1) is 5.69 Å². The summed E-state index contributed by atoms with van der Waals surface area (Å²) in [6, 6.07) is 35.2. The Morgan fingerprint density at radius 1 is 0.759 bits per heavy atom. The van der Waals surface area contributed by atoms with Gasteiger partial charge in [0, 0.05) is 34.5 Å². The molecule has 0 saturated carbocycles. The smallest absolute Gasteiger partial charge is 0.509 e. The monoisotopic (exact) mass is 806 g/mol. The number of fused-ring (bicyclic) bond motifs is 3. The predicted molar refractivity (Wildman–Crippen MR) is 220 cm³/mol. The van der Waals surface area contributed by atoms with Crippen LogP contribution >= 0.6 is 0 Å². The van der Waals surface area contributed by atoms with Gasteiger partial charge >= 0.3 is 20.4 Å². The van der Waals surface area contributed by atoms with Crippen LogP contribution in [-0.4, -0.2) is 19.3 Å². The minimum Gasteiger partial charge on any atom is -0.509 e. The van der Waals surface area contributed by atoms with Crippen molar-refractivity contribution in [3.8, 4) is 34.1 Å². The zero-order chi connectivity index (χ0) is 37.6. The Bertz CT molecular complexity index is 2420. The summed E-state index contributed by atoms with van der Waals surface area (Å²) < 4.78 is 11.1. The molecule has 0 radical (unpaired) electrons. The van der Waals surface area contributed by atoms with E-state index in [0.29, 0.717) is 23.3 Å². The average Bonchev–Trinajstić information content (AvgIpc) is 3.60. The molecule has 54 heavy (non-hydrogen) atoms. The van der Waals surface area contributed by atoms with Crippen LogP contribution in [0.25, 0.3) is 44.4 Å². The predicted octanol–water partition coefficient (Wildman–Crippen LogP) is 12.4.